The lowest BCUT2D eigenvalue weighted by atomic mass is 10.2. The quantitative estimate of drug-likeness (QED) is 0.436. The van der Waals surface area contributed by atoms with Crippen LogP contribution in [0, 0.1) is 13.8 Å². The number of hydrogen-bond donors (Lipinski definition) is 0. The number of carbonyl (C=O) groups is 1. The van der Waals surface area contributed by atoms with E-state index in [4.69, 9.17) is 13.6 Å². The average molecular weight is 375 g/mol. The summed E-state index contributed by atoms with van der Waals surface area (Å²) in [5.74, 6) is 1.06. The molecule has 3 rings (SSSR count). The van der Waals surface area contributed by atoms with Crippen molar-refractivity contribution in [2.45, 2.75) is 32.0 Å². The van der Waals surface area contributed by atoms with Crippen molar-refractivity contribution >= 4 is 17.5 Å². The Hall–Kier alpha value is -2.32. The highest BCUT2D eigenvalue weighted by atomic mass is 32.2. The van der Waals surface area contributed by atoms with Crippen LogP contribution in [0.3, 0.4) is 0 Å². The molecular formula is C18H21N3O4S. The number of rotatable bonds is 8. The van der Waals surface area contributed by atoms with Gasteiger partial charge in [0.1, 0.15) is 0 Å². The molecular weight excluding hydrogens is 354 g/mol. The number of methoxy groups -OCH3 is 1. The third-order valence-corrected chi connectivity index (χ3v) is 4.92. The molecule has 3 aromatic heterocycles. The van der Waals surface area contributed by atoms with Crippen molar-refractivity contribution in [3.05, 3.63) is 41.4 Å². The Morgan fingerprint density at radius 3 is 2.88 bits per heavy atom. The second-order valence-electron chi connectivity index (χ2n) is 6.02. The van der Waals surface area contributed by atoms with Gasteiger partial charge in [-0.15, -0.1) is 10.2 Å². The van der Waals surface area contributed by atoms with Crippen LogP contribution in [0.5, 0.6) is 0 Å². The first-order valence-electron chi connectivity index (χ1n) is 8.22. The first-order valence-corrected chi connectivity index (χ1v) is 9.20. The molecule has 0 aromatic carbocycles. The molecule has 0 spiro atoms. The molecule has 0 aliphatic carbocycles. The fourth-order valence-corrected chi connectivity index (χ4v) is 3.67. The molecule has 0 aliphatic rings. The number of ketones is 1. The van der Waals surface area contributed by atoms with E-state index < -0.39 is 0 Å². The van der Waals surface area contributed by atoms with Gasteiger partial charge < -0.3 is 18.1 Å². The van der Waals surface area contributed by atoms with Gasteiger partial charge in [-0.1, -0.05) is 11.8 Å². The highest BCUT2D eigenvalue weighted by Crippen LogP contribution is 2.26. The zero-order chi connectivity index (χ0) is 18.7. The van der Waals surface area contributed by atoms with Crippen molar-refractivity contribution in [3.8, 4) is 11.7 Å². The van der Waals surface area contributed by atoms with Gasteiger partial charge in [-0.25, -0.2) is 0 Å². The van der Waals surface area contributed by atoms with Crippen molar-refractivity contribution < 1.29 is 18.4 Å². The SMILES string of the molecule is COC[C@H](C)n1c(C)cc(C(=O)CSc2nnc(-c3ccco3)o2)c1C. The number of aromatic nitrogens is 3. The van der Waals surface area contributed by atoms with E-state index in [0.717, 1.165) is 11.4 Å². The van der Waals surface area contributed by atoms with E-state index in [9.17, 15) is 4.79 Å². The molecule has 0 fully saturated rings. The van der Waals surface area contributed by atoms with Crippen LogP contribution in [0.2, 0.25) is 0 Å². The maximum atomic E-state index is 12.6. The molecule has 138 valence electrons. The lowest BCUT2D eigenvalue weighted by Crippen LogP contribution is -2.14. The van der Waals surface area contributed by atoms with Crippen LogP contribution in [0.25, 0.3) is 11.7 Å². The fourth-order valence-electron chi connectivity index (χ4n) is 3.03. The van der Waals surface area contributed by atoms with Crippen LogP contribution in [-0.4, -0.2) is 40.0 Å². The van der Waals surface area contributed by atoms with Crippen molar-refractivity contribution in [1.29, 1.82) is 0 Å². The largest absolute Gasteiger partial charge is 0.459 e. The first kappa shape index (κ1) is 18.5. The zero-order valence-corrected chi connectivity index (χ0v) is 16.0. The Balaban J connectivity index is 1.68. The van der Waals surface area contributed by atoms with E-state index in [1.165, 1.54) is 18.0 Å². The summed E-state index contributed by atoms with van der Waals surface area (Å²) in [6.07, 6.45) is 1.54. The number of carbonyl (C=O) groups excluding carboxylic acids is 1. The lowest BCUT2D eigenvalue weighted by molar-refractivity contribution is 0.102. The molecule has 8 heteroatoms. The Morgan fingerprint density at radius 1 is 1.38 bits per heavy atom. The topological polar surface area (TPSA) is 83.3 Å². The molecule has 1 atom stereocenters. The fraction of sp³-hybridized carbons (Fsp3) is 0.389. The second kappa shape index (κ2) is 7.92. The van der Waals surface area contributed by atoms with E-state index in [1.807, 2.05) is 19.9 Å². The van der Waals surface area contributed by atoms with Crippen LogP contribution in [0.1, 0.15) is 34.7 Å². The number of Topliss-reactive ketones (excluding diaryl/α,β-unsaturated/α-hetero) is 1. The van der Waals surface area contributed by atoms with E-state index in [2.05, 4.69) is 21.7 Å². The van der Waals surface area contributed by atoms with Gasteiger partial charge in [0.15, 0.2) is 11.5 Å². The van der Waals surface area contributed by atoms with Gasteiger partial charge >= 0.3 is 0 Å². The monoisotopic (exact) mass is 375 g/mol. The van der Waals surface area contributed by atoms with E-state index in [-0.39, 0.29) is 17.6 Å². The van der Waals surface area contributed by atoms with Gasteiger partial charge in [-0.3, -0.25) is 4.79 Å². The molecule has 3 heterocycles. The second-order valence-corrected chi connectivity index (χ2v) is 6.95. The molecule has 3 aromatic rings. The highest BCUT2D eigenvalue weighted by molar-refractivity contribution is 7.99. The van der Waals surface area contributed by atoms with Gasteiger partial charge in [0, 0.05) is 24.1 Å². The standard InChI is InChI=1S/C18H21N3O4S/c1-11-8-14(13(3)21(11)12(2)9-23-4)15(22)10-26-18-20-19-17(25-18)16-6-5-7-24-16/h5-8,12H,9-10H2,1-4H3/t12-/m0/s1. The number of ether oxygens (including phenoxy) is 1. The average Bonchev–Trinajstić information content (AvgIpc) is 3.32. The summed E-state index contributed by atoms with van der Waals surface area (Å²) in [5, 5.41) is 8.22. The van der Waals surface area contributed by atoms with Crippen molar-refractivity contribution in [2.24, 2.45) is 0 Å². The molecule has 0 unspecified atom stereocenters. The number of nitrogens with zero attached hydrogens (tertiary/aromatic N) is 3. The molecule has 0 radical (unpaired) electrons. The Morgan fingerprint density at radius 2 is 2.19 bits per heavy atom. The van der Waals surface area contributed by atoms with Crippen LogP contribution >= 0.6 is 11.8 Å². The van der Waals surface area contributed by atoms with Crippen molar-refractivity contribution in [2.75, 3.05) is 19.5 Å². The Labute approximate surface area is 155 Å². The van der Waals surface area contributed by atoms with Crippen LogP contribution < -0.4 is 0 Å². The Bertz CT molecular complexity index is 883. The summed E-state index contributed by atoms with van der Waals surface area (Å²) in [5.41, 5.74) is 2.70. The Kier molecular flexibility index (Phi) is 5.63. The summed E-state index contributed by atoms with van der Waals surface area (Å²) < 4.78 is 18.1. The molecule has 0 amide bonds. The molecule has 7 nitrogen and oxygen atoms in total. The van der Waals surface area contributed by atoms with Gasteiger partial charge in [0.05, 0.1) is 24.7 Å². The number of hydrogen-bond acceptors (Lipinski definition) is 7. The highest BCUT2D eigenvalue weighted by Gasteiger charge is 2.20. The molecule has 0 saturated carbocycles. The van der Waals surface area contributed by atoms with Gasteiger partial charge in [-0.05, 0) is 39.0 Å². The summed E-state index contributed by atoms with van der Waals surface area (Å²) in [7, 11) is 1.68. The van der Waals surface area contributed by atoms with Crippen LogP contribution in [0.15, 0.2) is 38.5 Å². The first-order chi connectivity index (χ1) is 12.5. The third-order valence-electron chi connectivity index (χ3n) is 4.10. The molecule has 0 aliphatic heterocycles. The minimum atomic E-state index is 0.0247. The lowest BCUT2D eigenvalue weighted by Gasteiger charge is -2.17. The van der Waals surface area contributed by atoms with Gasteiger partial charge in [0.25, 0.3) is 11.1 Å². The van der Waals surface area contributed by atoms with Crippen LogP contribution in [0.4, 0.5) is 0 Å². The van der Waals surface area contributed by atoms with Crippen LogP contribution in [-0.2, 0) is 4.74 Å². The molecule has 0 bridgehead atoms. The van der Waals surface area contributed by atoms with E-state index >= 15 is 0 Å². The zero-order valence-electron chi connectivity index (χ0n) is 15.2. The minimum absolute atomic E-state index is 0.0247. The normalized spacial score (nSPS) is 12.5. The predicted molar refractivity (Wildman–Crippen MR) is 97.5 cm³/mol. The summed E-state index contributed by atoms with van der Waals surface area (Å²) in [4.78, 5) is 12.6. The predicted octanol–water partition coefficient (Wildman–Crippen LogP) is 3.93. The summed E-state index contributed by atoms with van der Waals surface area (Å²) >= 11 is 1.22. The maximum Gasteiger partial charge on any atom is 0.284 e. The number of thioether (sulfide) groups is 1. The molecule has 0 N–H and O–H groups in total. The van der Waals surface area contributed by atoms with Crippen molar-refractivity contribution in [1.82, 2.24) is 14.8 Å². The van der Waals surface area contributed by atoms with E-state index in [1.54, 1.807) is 19.2 Å². The minimum Gasteiger partial charge on any atom is -0.459 e. The maximum absolute atomic E-state index is 12.6. The molecule has 26 heavy (non-hydrogen) atoms. The third kappa shape index (κ3) is 3.76. The van der Waals surface area contributed by atoms with Gasteiger partial charge in [0.2, 0.25) is 0 Å². The van der Waals surface area contributed by atoms with Gasteiger partial charge in [-0.2, -0.15) is 0 Å². The van der Waals surface area contributed by atoms with E-state index in [0.29, 0.717) is 29.0 Å². The summed E-state index contributed by atoms with van der Waals surface area (Å²) in [6, 6.07) is 5.58. The molecule has 0 saturated heterocycles. The smallest absolute Gasteiger partial charge is 0.284 e. The summed E-state index contributed by atoms with van der Waals surface area (Å²) in [6.45, 7) is 6.62. The van der Waals surface area contributed by atoms with Crippen molar-refractivity contribution in [3.63, 3.8) is 0 Å². The number of aryl methyl sites for hydroxylation is 1. The number of furan rings is 1.